The first kappa shape index (κ1) is 17.9. The summed E-state index contributed by atoms with van der Waals surface area (Å²) in [6.45, 7) is 5.83. The third-order valence-electron chi connectivity index (χ3n) is 3.37. The highest BCUT2D eigenvalue weighted by atomic mass is 32.1. The topological polar surface area (TPSA) is 50.4 Å². The highest BCUT2D eigenvalue weighted by molar-refractivity contribution is 7.80. The van der Waals surface area contributed by atoms with Crippen molar-refractivity contribution in [1.29, 1.82) is 0 Å². The number of ether oxygens (including phenoxy) is 1. The van der Waals surface area contributed by atoms with E-state index in [1.807, 2.05) is 57.2 Å². The molecule has 1 amide bonds. The van der Waals surface area contributed by atoms with Gasteiger partial charge in [0.05, 0.1) is 17.7 Å². The average Bonchev–Trinajstić information content (AvgIpc) is 2.55. The molecule has 24 heavy (non-hydrogen) atoms. The number of benzene rings is 2. The number of hydrogen-bond acceptors (Lipinski definition) is 3. The van der Waals surface area contributed by atoms with Gasteiger partial charge in [-0.2, -0.15) is 0 Å². The molecule has 0 aromatic heterocycles. The number of carbonyl (C=O) groups excluding carboxylic acids is 1. The fraction of sp³-hybridized carbons (Fsp3) is 0.263. The van der Waals surface area contributed by atoms with Crippen LogP contribution in [0.15, 0.2) is 54.6 Å². The average molecular weight is 342 g/mol. The van der Waals surface area contributed by atoms with Crippen molar-refractivity contribution < 1.29 is 9.53 Å². The Labute approximate surface area is 148 Å². The fourth-order valence-electron chi connectivity index (χ4n) is 2.24. The van der Waals surface area contributed by atoms with Crippen LogP contribution in [0.3, 0.4) is 0 Å². The van der Waals surface area contributed by atoms with Gasteiger partial charge in [0.25, 0.3) is 5.91 Å². The molecule has 0 aliphatic carbocycles. The Bertz CT molecular complexity index is 702. The Kier molecular flexibility index (Phi) is 6.32. The van der Waals surface area contributed by atoms with E-state index in [9.17, 15) is 4.79 Å². The van der Waals surface area contributed by atoms with Crippen LogP contribution in [0.2, 0.25) is 0 Å². The van der Waals surface area contributed by atoms with Gasteiger partial charge in [0, 0.05) is 0 Å². The first-order valence-electron chi connectivity index (χ1n) is 7.90. The first-order chi connectivity index (χ1) is 11.5. The first-order valence-corrected chi connectivity index (χ1v) is 8.30. The standard InChI is InChI=1S/C19H22N2O2S/c1-13(2)23-17-12-8-7-11-16(17)18(22)21-19(24)20-14(3)15-9-5-4-6-10-15/h4-14H,1-3H3,(H2,20,21,22,24). The van der Waals surface area contributed by atoms with E-state index in [0.29, 0.717) is 11.3 Å². The molecule has 0 fully saturated rings. The van der Waals surface area contributed by atoms with Crippen molar-refractivity contribution in [1.82, 2.24) is 10.6 Å². The second-order valence-corrected chi connectivity index (χ2v) is 6.13. The van der Waals surface area contributed by atoms with Crippen LogP contribution in [0.1, 0.15) is 42.7 Å². The minimum atomic E-state index is -0.288. The SMILES string of the molecule is CC(C)Oc1ccccc1C(=O)NC(=S)NC(C)c1ccccc1. The summed E-state index contributed by atoms with van der Waals surface area (Å²) in [6, 6.07) is 17.0. The number of carbonyl (C=O) groups is 1. The van der Waals surface area contributed by atoms with Gasteiger partial charge in [-0.15, -0.1) is 0 Å². The van der Waals surface area contributed by atoms with E-state index in [0.717, 1.165) is 5.56 Å². The van der Waals surface area contributed by atoms with E-state index in [2.05, 4.69) is 10.6 Å². The van der Waals surface area contributed by atoms with Gasteiger partial charge in [0.2, 0.25) is 0 Å². The number of thiocarbonyl (C=S) groups is 1. The minimum Gasteiger partial charge on any atom is -0.490 e. The summed E-state index contributed by atoms with van der Waals surface area (Å²) in [5.41, 5.74) is 1.56. The normalized spacial score (nSPS) is 11.7. The van der Waals surface area contributed by atoms with Gasteiger partial charge in [-0.25, -0.2) is 0 Å². The van der Waals surface area contributed by atoms with Crippen molar-refractivity contribution in [2.24, 2.45) is 0 Å². The highest BCUT2D eigenvalue weighted by Crippen LogP contribution is 2.19. The van der Waals surface area contributed by atoms with Crippen molar-refractivity contribution >= 4 is 23.2 Å². The van der Waals surface area contributed by atoms with Gasteiger partial charge >= 0.3 is 0 Å². The zero-order valence-corrected chi connectivity index (χ0v) is 14.9. The van der Waals surface area contributed by atoms with E-state index in [1.54, 1.807) is 18.2 Å². The molecular formula is C19H22N2O2S. The molecule has 0 radical (unpaired) electrons. The molecule has 1 atom stereocenters. The van der Waals surface area contributed by atoms with Gasteiger partial charge < -0.3 is 10.1 Å². The molecule has 0 bridgehead atoms. The molecule has 0 heterocycles. The van der Waals surface area contributed by atoms with Crippen LogP contribution >= 0.6 is 12.2 Å². The molecule has 1 unspecified atom stereocenters. The fourth-order valence-corrected chi connectivity index (χ4v) is 2.51. The van der Waals surface area contributed by atoms with Gasteiger partial charge in [0.1, 0.15) is 5.75 Å². The number of hydrogen-bond donors (Lipinski definition) is 2. The van der Waals surface area contributed by atoms with Crippen LogP contribution < -0.4 is 15.4 Å². The Morgan fingerprint density at radius 3 is 2.29 bits per heavy atom. The lowest BCUT2D eigenvalue weighted by Crippen LogP contribution is -2.40. The smallest absolute Gasteiger partial charge is 0.261 e. The lowest BCUT2D eigenvalue weighted by atomic mass is 10.1. The second kappa shape index (κ2) is 8.45. The quantitative estimate of drug-likeness (QED) is 0.811. The minimum absolute atomic E-state index is 0.00107. The van der Waals surface area contributed by atoms with Crippen LogP contribution in [-0.2, 0) is 0 Å². The third kappa shape index (κ3) is 5.06. The van der Waals surface area contributed by atoms with Crippen LogP contribution in [0, 0.1) is 0 Å². The Morgan fingerprint density at radius 1 is 1.00 bits per heavy atom. The van der Waals surface area contributed by atoms with Crippen LogP contribution in [0.5, 0.6) is 5.75 Å². The zero-order valence-electron chi connectivity index (χ0n) is 14.1. The summed E-state index contributed by atoms with van der Waals surface area (Å²) in [6.07, 6.45) is -0.0119. The van der Waals surface area contributed by atoms with E-state index in [1.165, 1.54) is 0 Å². The van der Waals surface area contributed by atoms with Gasteiger partial charge in [-0.05, 0) is 50.7 Å². The molecule has 2 aromatic rings. The Balaban J connectivity index is 2.01. The molecule has 2 aromatic carbocycles. The van der Waals surface area contributed by atoms with Gasteiger partial charge in [-0.3, -0.25) is 10.1 Å². The molecule has 0 aliphatic rings. The zero-order chi connectivity index (χ0) is 17.5. The second-order valence-electron chi connectivity index (χ2n) is 5.72. The van der Waals surface area contributed by atoms with Crippen molar-refractivity contribution in [2.75, 3.05) is 0 Å². The van der Waals surface area contributed by atoms with Gasteiger partial charge in [0.15, 0.2) is 5.11 Å². The Hall–Kier alpha value is -2.40. The maximum Gasteiger partial charge on any atom is 0.261 e. The summed E-state index contributed by atoms with van der Waals surface area (Å²) < 4.78 is 5.67. The largest absolute Gasteiger partial charge is 0.490 e. The summed E-state index contributed by atoms with van der Waals surface area (Å²) in [7, 11) is 0. The van der Waals surface area contributed by atoms with Crippen molar-refractivity contribution in [2.45, 2.75) is 32.9 Å². The molecule has 126 valence electrons. The molecule has 0 saturated heterocycles. The molecule has 0 aliphatic heterocycles. The van der Waals surface area contributed by atoms with Crippen molar-refractivity contribution in [3.05, 3.63) is 65.7 Å². The number of rotatable bonds is 5. The maximum atomic E-state index is 12.5. The molecule has 0 spiro atoms. The van der Waals surface area contributed by atoms with Crippen LogP contribution in [-0.4, -0.2) is 17.1 Å². The number of amides is 1. The summed E-state index contributed by atoms with van der Waals surface area (Å²) >= 11 is 5.25. The predicted molar refractivity (Wildman–Crippen MR) is 100 cm³/mol. The van der Waals surface area contributed by atoms with E-state index in [-0.39, 0.29) is 23.2 Å². The summed E-state index contributed by atoms with van der Waals surface area (Å²) in [5.74, 6) is 0.257. The summed E-state index contributed by atoms with van der Waals surface area (Å²) in [5, 5.41) is 6.12. The van der Waals surface area contributed by atoms with Crippen LogP contribution in [0.4, 0.5) is 0 Å². The lowest BCUT2D eigenvalue weighted by molar-refractivity contribution is 0.0970. The maximum absolute atomic E-state index is 12.5. The Morgan fingerprint density at radius 2 is 1.62 bits per heavy atom. The molecule has 2 N–H and O–H groups in total. The predicted octanol–water partition coefficient (Wildman–Crippen LogP) is 3.84. The van der Waals surface area contributed by atoms with Crippen molar-refractivity contribution in [3.8, 4) is 5.75 Å². The molecular weight excluding hydrogens is 320 g/mol. The van der Waals surface area contributed by atoms with Crippen molar-refractivity contribution in [3.63, 3.8) is 0 Å². The highest BCUT2D eigenvalue weighted by Gasteiger charge is 2.15. The summed E-state index contributed by atoms with van der Waals surface area (Å²) in [4.78, 5) is 12.5. The third-order valence-corrected chi connectivity index (χ3v) is 3.59. The van der Waals surface area contributed by atoms with E-state index in [4.69, 9.17) is 17.0 Å². The molecule has 0 saturated carbocycles. The number of nitrogens with one attached hydrogen (secondary N) is 2. The molecule has 2 rings (SSSR count). The van der Waals surface area contributed by atoms with Crippen LogP contribution in [0.25, 0.3) is 0 Å². The van der Waals surface area contributed by atoms with Gasteiger partial charge in [-0.1, -0.05) is 42.5 Å². The van der Waals surface area contributed by atoms with E-state index < -0.39 is 0 Å². The van der Waals surface area contributed by atoms with E-state index >= 15 is 0 Å². The lowest BCUT2D eigenvalue weighted by Gasteiger charge is -2.18. The number of para-hydroxylation sites is 1. The monoisotopic (exact) mass is 342 g/mol. The molecule has 4 nitrogen and oxygen atoms in total. The molecule has 5 heteroatoms.